The number of halogens is 6. The summed E-state index contributed by atoms with van der Waals surface area (Å²) in [6, 6.07) is 37.1. The third-order valence-electron chi connectivity index (χ3n) is 18.8. The van der Waals surface area contributed by atoms with E-state index in [0.29, 0.717) is 137 Å². The molecule has 0 fully saturated rings. The molecule has 0 radical (unpaired) electrons. The Morgan fingerprint density at radius 3 is 0.844 bits per heavy atom. The van der Waals surface area contributed by atoms with Crippen LogP contribution in [0.5, 0.6) is 29.4 Å². The molecule has 0 aliphatic rings. The van der Waals surface area contributed by atoms with Crippen molar-refractivity contribution in [3.8, 4) is 29.4 Å². The molecule has 41 nitrogen and oxygen atoms in total. The van der Waals surface area contributed by atoms with Crippen LogP contribution in [0.25, 0.3) is 55.8 Å². The van der Waals surface area contributed by atoms with Gasteiger partial charge >= 0.3 is 121 Å². The number of benzene rings is 5. The Morgan fingerprint density at radius 2 is 0.615 bits per heavy atom. The quantitative estimate of drug-likeness (QED) is 0.00626. The van der Waals surface area contributed by atoms with E-state index in [0.717, 1.165) is 76.6 Å². The molecule has 1 amide bonds. The molecule has 0 unspecified atom stereocenters. The number of fused-ring (bicyclic) bond motifs is 5. The van der Waals surface area contributed by atoms with E-state index in [4.69, 9.17) is 79.0 Å². The molecule has 10 aromatic heterocycles. The van der Waals surface area contributed by atoms with Gasteiger partial charge in [-0.3, -0.25) is 24.0 Å². The van der Waals surface area contributed by atoms with Gasteiger partial charge in [0.1, 0.15) is 60.6 Å². The average molecular weight is 1920 g/mol. The molecular weight excluding hydrogens is 1830 g/mol. The average Bonchev–Trinajstić information content (AvgIpc) is 1.49. The predicted octanol–water partition coefficient (Wildman–Crippen LogP) is 4.80. The van der Waals surface area contributed by atoms with E-state index in [9.17, 15) is 45.5 Å². The van der Waals surface area contributed by atoms with Crippen LogP contribution in [0.4, 0.5) is 56.1 Å². The minimum Gasteiger partial charge on any atom is -1.00 e. The Kier molecular flexibility index (Phi) is 45.8. The van der Waals surface area contributed by atoms with Crippen LogP contribution in [0.15, 0.2) is 153 Å². The number of carboxylic acids is 1. The third kappa shape index (κ3) is 36.9. The maximum Gasteiger partial charge on any atom is 1.00 e. The number of unbranched alkanes of at least 4 members (excludes halogenated alkanes) is 6. The number of nitrogens with zero attached hydrogens (tertiary/aromatic N) is 15. The summed E-state index contributed by atoms with van der Waals surface area (Å²) < 4.78 is 102. The fourth-order valence-electron chi connectivity index (χ4n) is 11.8. The van der Waals surface area contributed by atoms with E-state index < -0.39 is 42.7 Å². The summed E-state index contributed by atoms with van der Waals surface area (Å²) >= 11 is 0. The van der Waals surface area contributed by atoms with Crippen LogP contribution in [0.1, 0.15) is 148 Å². The predicted molar refractivity (Wildman–Crippen MR) is 474 cm³/mol. The molecule has 704 valence electrons. The number of carbonyl (C=O) groups is 5. The number of nitrogens with one attached hydrogen (secondary N) is 6. The van der Waals surface area contributed by atoms with Gasteiger partial charge in [0, 0.05) is 45.3 Å². The number of aryl methyl sites for hydroxylation is 2. The van der Waals surface area contributed by atoms with Gasteiger partial charge in [-0.2, -0.15) is 76.2 Å². The zero-order valence-corrected chi connectivity index (χ0v) is 80.2. The molecule has 0 bridgehead atoms. The van der Waals surface area contributed by atoms with Crippen LogP contribution in [-0.4, -0.2) is 147 Å². The van der Waals surface area contributed by atoms with Gasteiger partial charge in [-0.1, -0.05) is 174 Å². The van der Waals surface area contributed by atoms with E-state index in [1.807, 2.05) is 72.8 Å². The molecule has 0 aliphatic carbocycles. The normalized spacial score (nSPS) is 10.7. The molecule has 49 heteroatoms. The van der Waals surface area contributed by atoms with Crippen molar-refractivity contribution >= 4 is 115 Å². The second-order valence-electron chi connectivity index (χ2n) is 28.7. The first-order valence-electron chi connectivity index (χ1n) is 41.2. The summed E-state index contributed by atoms with van der Waals surface area (Å²) in [5, 5.41) is 19.6. The number of rotatable bonds is 36. The number of ether oxygens (including phenoxy) is 5. The summed E-state index contributed by atoms with van der Waals surface area (Å²) in [5.41, 5.74) is 53.4. The van der Waals surface area contributed by atoms with Gasteiger partial charge in [-0.15, -0.1) is 0 Å². The Bertz CT molecular complexity index is 5910. The standard InChI is InChI=1S/C20H26N6O2.2C16H14F3N5O2.2C13H14N6O.C7H14O2.CH2O3.2K.H/c1-2-3-4-5-6-16(27)22-11-14-7-9-15(10-8-14)12-28-19-17-18(24-13-23-17)25-20(21)26-19;2*17-16(18,19)11(25)6-5-9-1-3-10(4-2-9)7-26-14-12-13(22-8-21-12)23-15(20)24-14;2*14-5-8-1-3-9(4-2-8)6-20-12-10-11(17-7-16-10)18-13(15)19-12;1-2-3-4-5-6-7(8)9;2-1-4-3;;;/h7-10,13H,2-6,11-12H2,1H3,(H,22,27)(H3,21,23,24,25,26);2*1-4,8H,5-7H2,(H3,20,21,22,23,24);2*1-4,7H,5-6,14H2,(H3,15,16,17,18,19);2-6H2,1H3,(H,8,9);1,3H;;;/q;;;;;;;2*+1;-1/p-1. The van der Waals surface area contributed by atoms with Crippen LogP contribution in [0, 0.1) is 0 Å². The maximum atomic E-state index is 12.2. The Morgan fingerprint density at radius 1 is 0.378 bits per heavy atom. The van der Waals surface area contributed by atoms with Crippen LogP contribution >= 0.6 is 0 Å². The number of aromatic amines is 5. The van der Waals surface area contributed by atoms with Crippen LogP contribution in [-0.2, 0) is 94.4 Å². The number of aromatic nitrogens is 20. The molecule has 0 saturated heterocycles. The zero-order chi connectivity index (χ0) is 95.7. The molecule has 15 aromatic rings. The second kappa shape index (κ2) is 56.5. The number of Topliss-reactive ketones (excluding diaryl/α,β-unsaturated/α-hetero) is 2. The van der Waals surface area contributed by atoms with Gasteiger partial charge < -0.3 is 111 Å². The van der Waals surface area contributed by atoms with E-state index >= 15 is 0 Å². The molecule has 135 heavy (non-hydrogen) atoms. The minimum atomic E-state index is -4.79. The van der Waals surface area contributed by atoms with E-state index in [1.54, 1.807) is 48.5 Å². The molecule has 0 spiro atoms. The summed E-state index contributed by atoms with van der Waals surface area (Å²) in [6.07, 6.45) is 6.38. The number of carboxylic acid groups (broad SMARTS) is 1. The number of hydrogen-bond donors (Lipinski definition) is 14. The smallest absolute Gasteiger partial charge is 1.00 e. The fraction of sp³-hybridized carbons (Fsp3) is 0.302. The number of hydrogen-bond acceptors (Lipinski definition) is 34. The first-order chi connectivity index (χ1) is 64.0. The number of carbonyl (C=O) groups excluding carboxylic acids is 4. The van der Waals surface area contributed by atoms with Crippen LogP contribution in [0.3, 0.4) is 0 Å². The van der Waals surface area contributed by atoms with Crippen LogP contribution in [0.2, 0.25) is 0 Å². The number of aliphatic carboxylic acids is 1. The van der Waals surface area contributed by atoms with E-state index in [1.165, 1.54) is 50.9 Å². The topological polar surface area (TPSA) is 650 Å². The third-order valence-corrected chi connectivity index (χ3v) is 18.8. The van der Waals surface area contributed by atoms with Gasteiger partial charge in [0.25, 0.3) is 6.47 Å². The van der Waals surface area contributed by atoms with E-state index in [-0.39, 0.29) is 184 Å². The summed E-state index contributed by atoms with van der Waals surface area (Å²) in [4.78, 5) is 130. The number of anilines is 5. The molecule has 0 atom stereocenters. The van der Waals surface area contributed by atoms with Crippen molar-refractivity contribution in [3.63, 3.8) is 0 Å². The maximum absolute atomic E-state index is 12.2. The van der Waals surface area contributed by atoms with Crippen molar-refractivity contribution in [2.45, 2.75) is 169 Å². The molecule has 10 heterocycles. The van der Waals surface area contributed by atoms with Crippen LogP contribution < -0.4 is 177 Å². The van der Waals surface area contributed by atoms with Crippen molar-refractivity contribution in [2.24, 2.45) is 11.5 Å². The number of imidazole rings is 5. The Hall–Kier alpha value is -12.7. The van der Waals surface area contributed by atoms with Gasteiger partial charge in [-0.25, -0.2) is 24.9 Å². The molecule has 0 saturated carbocycles. The Labute approximate surface area is 852 Å². The minimum absolute atomic E-state index is 0. The molecule has 15 rings (SSSR count). The van der Waals surface area contributed by atoms with Gasteiger partial charge in [-0.05, 0) is 81.3 Å². The second-order valence-corrected chi connectivity index (χ2v) is 28.7. The van der Waals surface area contributed by atoms with Gasteiger partial charge in [0.15, 0.2) is 28.2 Å². The van der Waals surface area contributed by atoms with Crippen molar-refractivity contribution in [3.05, 3.63) is 209 Å². The Balaban J connectivity index is 0.000000252. The fourth-order valence-corrected chi connectivity index (χ4v) is 11.8. The number of ketones is 2. The van der Waals surface area contributed by atoms with Crippen molar-refractivity contribution < 1.29 is 193 Å². The van der Waals surface area contributed by atoms with Gasteiger partial charge in [0.05, 0.1) is 31.6 Å². The van der Waals surface area contributed by atoms with Crippen molar-refractivity contribution in [1.82, 2.24) is 105 Å². The number of amides is 1. The number of nitrogens with two attached hydrogens (primary N) is 7. The number of H-pyrrole nitrogens is 5. The molecule has 21 N–H and O–H groups in total. The number of nitrogen functional groups attached to an aromatic ring is 5. The first-order valence-corrected chi connectivity index (χ1v) is 41.2. The van der Waals surface area contributed by atoms with Crippen molar-refractivity contribution in [2.75, 3.05) is 28.7 Å². The monoisotopic (exact) mass is 1920 g/mol. The number of alkyl halides is 6. The van der Waals surface area contributed by atoms with E-state index in [2.05, 4.69) is 124 Å². The van der Waals surface area contributed by atoms with Crippen molar-refractivity contribution in [1.29, 1.82) is 0 Å². The summed E-state index contributed by atoms with van der Waals surface area (Å²) in [5.74, 6) is -1.89. The largest absolute Gasteiger partial charge is 1.00 e. The zero-order valence-electron chi connectivity index (χ0n) is 74.9. The summed E-state index contributed by atoms with van der Waals surface area (Å²) in [6.45, 7) is 7.14. The molecular formula is C86H98F6K2N28O13. The molecule has 5 aromatic carbocycles. The first kappa shape index (κ1) is 109. The molecule has 0 aliphatic heterocycles. The summed E-state index contributed by atoms with van der Waals surface area (Å²) in [7, 11) is 0. The SMILES string of the molecule is CCCCCCC(=O)NCc1ccc(COc2nc(N)nc3nc[nH]c23)cc1.CCCCCCC(=O)O.NCc1ccc(COc2nc(N)nc3nc[nH]c23)cc1.NCc1ccc(COc2nc(N)nc3nc[nH]c23)cc1.Nc1nc(OCc2ccc(CCC(=O)C(F)(F)F)cc2)c2[nH]cnc2n1.Nc1nc(OCc2ccc(CCC(=O)C(F)(F)F)cc2)c2[nH]cnc2n1.O=CO[O-].[H-].[K+].[K+]. The van der Waals surface area contributed by atoms with Gasteiger partial charge in [0.2, 0.25) is 76.6 Å².